The Bertz CT molecular complexity index is 1350. The highest BCUT2D eigenvalue weighted by atomic mass is 35.5. The van der Waals surface area contributed by atoms with E-state index >= 15 is 0 Å². The van der Waals surface area contributed by atoms with Crippen molar-refractivity contribution in [2.24, 2.45) is 0 Å². The van der Waals surface area contributed by atoms with Gasteiger partial charge in [-0.05, 0) is 37.3 Å². The number of nitrogens with one attached hydrogen (secondary N) is 1. The molecule has 0 spiro atoms. The topological polar surface area (TPSA) is 59.8 Å². The van der Waals surface area contributed by atoms with Crippen molar-refractivity contribution in [3.05, 3.63) is 97.7 Å². The molecule has 0 saturated heterocycles. The molecule has 28 heavy (non-hydrogen) atoms. The zero-order valence-electron chi connectivity index (χ0n) is 15.1. The Morgan fingerprint density at radius 2 is 1.82 bits per heavy atom. The van der Waals surface area contributed by atoms with Gasteiger partial charge in [-0.25, -0.2) is 4.68 Å². The maximum Gasteiger partial charge on any atom is 0.280 e. The summed E-state index contributed by atoms with van der Waals surface area (Å²) in [4.78, 5) is 25.5. The molecule has 0 aliphatic heterocycles. The van der Waals surface area contributed by atoms with Gasteiger partial charge in [-0.15, -0.1) is 0 Å². The molecule has 4 rings (SSSR count). The first-order valence-corrected chi connectivity index (χ1v) is 9.07. The average molecular weight is 390 g/mol. The Balaban J connectivity index is 1.80. The lowest BCUT2D eigenvalue weighted by atomic mass is 10.2. The van der Waals surface area contributed by atoms with Crippen LogP contribution in [0.2, 0.25) is 5.02 Å². The molecule has 0 bridgehead atoms. The van der Waals surface area contributed by atoms with Crippen molar-refractivity contribution in [1.29, 1.82) is 0 Å². The predicted molar refractivity (Wildman–Crippen MR) is 111 cm³/mol. The van der Waals surface area contributed by atoms with Gasteiger partial charge in [0.05, 0.1) is 23.1 Å². The van der Waals surface area contributed by atoms with Crippen molar-refractivity contribution in [2.75, 3.05) is 0 Å². The third-order valence-corrected chi connectivity index (χ3v) is 4.76. The first-order chi connectivity index (χ1) is 13.5. The molecule has 0 amide bonds. The van der Waals surface area contributed by atoms with Gasteiger partial charge < -0.3 is 4.57 Å². The lowest BCUT2D eigenvalue weighted by Crippen LogP contribution is -2.23. The van der Waals surface area contributed by atoms with Crippen LogP contribution in [0.15, 0.2) is 70.3 Å². The van der Waals surface area contributed by atoms with Crippen LogP contribution in [0.4, 0.5) is 0 Å². The molecule has 0 aliphatic rings. The van der Waals surface area contributed by atoms with Crippen LogP contribution in [-0.2, 0) is 6.54 Å². The third kappa shape index (κ3) is 3.26. The van der Waals surface area contributed by atoms with Crippen molar-refractivity contribution >= 4 is 22.5 Å². The van der Waals surface area contributed by atoms with Crippen molar-refractivity contribution in [1.82, 2.24) is 14.3 Å². The van der Waals surface area contributed by atoms with Crippen LogP contribution in [0.25, 0.3) is 16.6 Å². The highest BCUT2D eigenvalue weighted by Crippen LogP contribution is 2.16. The summed E-state index contributed by atoms with van der Waals surface area (Å²) in [5, 5.41) is 3.98. The number of nitrogens with zero attached hydrogens (tertiary/aromatic N) is 2. The van der Waals surface area contributed by atoms with Gasteiger partial charge in [-0.2, -0.15) is 0 Å². The second-order valence-electron chi connectivity index (χ2n) is 6.34. The number of fused-ring (bicyclic) bond motifs is 1. The van der Waals surface area contributed by atoms with Gasteiger partial charge >= 0.3 is 0 Å². The molecule has 0 saturated carbocycles. The van der Waals surface area contributed by atoms with Gasteiger partial charge in [0.25, 0.3) is 11.1 Å². The molecule has 1 N–H and O–H groups in total. The van der Waals surface area contributed by atoms with Crippen LogP contribution >= 0.6 is 11.6 Å². The van der Waals surface area contributed by atoms with Gasteiger partial charge in [0.15, 0.2) is 0 Å². The smallest absolute Gasteiger partial charge is 0.280 e. The standard InChI is InChI=1S/C22H16ClN3O2/c1-15-21-19(24-26(22(21)28)18-11-5-10-17(23)13-18)14-20(27)25(15)12-6-9-16-7-3-2-4-8-16/h2-5,7-8,10-11,13-14,24H,12H2,1H3. The SMILES string of the molecule is Cc1c2c(=O)n(-c3cccc(Cl)c3)[nH]c2cc(=O)n1CC#Cc1ccccc1. The summed E-state index contributed by atoms with van der Waals surface area (Å²) in [6.45, 7) is 1.96. The summed E-state index contributed by atoms with van der Waals surface area (Å²) in [5.74, 6) is 6.04. The number of hydrogen-bond donors (Lipinski definition) is 1. The fourth-order valence-corrected chi connectivity index (χ4v) is 3.33. The van der Waals surface area contributed by atoms with Crippen LogP contribution in [0, 0.1) is 18.8 Å². The Hall–Kier alpha value is -3.49. The van der Waals surface area contributed by atoms with Crippen molar-refractivity contribution in [3.63, 3.8) is 0 Å². The zero-order chi connectivity index (χ0) is 19.7. The van der Waals surface area contributed by atoms with E-state index in [1.54, 1.807) is 31.2 Å². The second kappa shape index (κ2) is 7.26. The van der Waals surface area contributed by atoms with E-state index in [4.69, 9.17) is 11.6 Å². The molecule has 2 aromatic heterocycles. The number of halogens is 1. The van der Waals surface area contributed by atoms with Crippen LogP contribution in [0.3, 0.4) is 0 Å². The Morgan fingerprint density at radius 1 is 1.04 bits per heavy atom. The number of aryl methyl sites for hydroxylation is 1. The van der Waals surface area contributed by atoms with E-state index in [9.17, 15) is 9.59 Å². The van der Waals surface area contributed by atoms with E-state index in [0.29, 0.717) is 27.3 Å². The molecule has 2 aromatic carbocycles. The Kier molecular flexibility index (Phi) is 4.64. The lowest BCUT2D eigenvalue weighted by molar-refractivity contribution is 0.771. The minimum Gasteiger partial charge on any atom is -0.300 e. The monoisotopic (exact) mass is 389 g/mol. The fraction of sp³-hybridized carbons (Fsp3) is 0.0909. The van der Waals surface area contributed by atoms with Crippen LogP contribution in [-0.4, -0.2) is 14.3 Å². The molecule has 6 heteroatoms. The highest BCUT2D eigenvalue weighted by molar-refractivity contribution is 6.30. The largest absolute Gasteiger partial charge is 0.300 e. The molecule has 2 heterocycles. The summed E-state index contributed by atoms with van der Waals surface area (Å²) >= 11 is 6.04. The predicted octanol–water partition coefficient (Wildman–Crippen LogP) is 3.49. The number of aromatic nitrogens is 3. The van der Waals surface area contributed by atoms with Gasteiger partial charge in [-0.3, -0.25) is 14.7 Å². The quantitative estimate of drug-likeness (QED) is 0.533. The number of benzene rings is 2. The van der Waals surface area contributed by atoms with Crippen LogP contribution < -0.4 is 11.1 Å². The van der Waals surface area contributed by atoms with E-state index in [1.807, 2.05) is 30.3 Å². The van der Waals surface area contributed by atoms with Crippen LogP contribution in [0.1, 0.15) is 11.3 Å². The molecule has 0 unspecified atom stereocenters. The van der Waals surface area contributed by atoms with E-state index in [2.05, 4.69) is 16.9 Å². The minimum absolute atomic E-state index is 0.206. The van der Waals surface area contributed by atoms with Crippen molar-refractivity contribution in [3.8, 4) is 17.5 Å². The van der Waals surface area contributed by atoms with E-state index in [-0.39, 0.29) is 17.7 Å². The molecule has 0 fully saturated rings. The summed E-state index contributed by atoms with van der Waals surface area (Å²) in [5.41, 5.74) is 2.09. The molecular weight excluding hydrogens is 374 g/mol. The number of rotatable bonds is 2. The fourth-order valence-electron chi connectivity index (χ4n) is 3.15. The third-order valence-electron chi connectivity index (χ3n) is 4.53. The summed E-state index contributed by atoms with van der Waals surface area (Å²) < 4.78 is 2.90. The number of pyridine rings is 1. The van der Waals surface area contributed by atoms with E-state index < -0.39 is 0 Å². The number of aromatic amines is 1. The first kappa shape index (κ1) is 17.9. The summed E-state index contributed by atoms with van der Waals surface area (Å²) in [6, 6.07) is 17.9. The second-order valence-corrected chi connectivity index (χ2v) is 6.78. The van der Waals surface area contributed by atoms with Crippen LogP contribution in [0.5, 0.6) is 0 Å². The minimum atomic E-state index is -0.237. The van der Waals surface area contributed by atoms with Gasteiger partial charge in [0.1, 0.15) is 0 Å². The lowest BCUT2D eigenvalue weighted by Gasteiger charge is -2.05. The van der Waals surface area contributed by atoms with E-state index in [1.165, 1.54) is 15.3 Å². The van der Waals surface area contributed by atoms with Gasteiger partial charge in [0.2, 0.25) is 0 Å². The Labute approximate surface area is 165 Å². The average Bonchev–Trinajstić information content (AvgIpc) is 3.01. The zero-order valence-corrected chi connectivity index (χ0v) is 15.8. The van der Waals surface area contributed by atoms with Crippen molar-refractivity contribution in [2.45, 2.75) is 13.5 Å². The number of hydrogen-bond acceptors (Lipinski definition) is 2. The molecule has 0 radical (unpaired) electrons. The van der Waals surface area contributed by atoms with E-state index in [0.717, 1.165) is 5.56 Å². The molecule has 5 nitrogen and oxygen atoms in total. The maximum atomic E-state index is 13.0. The van der Waals surface area contributed by atoms with Crippen molar-refractivity contribution < 1.29 is 0 Å². The Morgan fingerprint density at radius 3 is 2.57 bits per heavy atom. The summed E-state index contributed by atoms with van der Waals surface area (Å²) in [6.07, 6.45) is 0. The number of H-pyrrole nitrogens is 1. The van der Waals surface area contributed by atoms with Gasteiger partial charge in [-0.1, -0.05) is 47.7 Å². The molecule has 0 aliphatic carbocycles. The molecule has 138 valence electrons. The maximum absolute atomic E-state index is 13.0. The normalized spacial score (nSPS) is 10.6. The molecular formula is C22H16ClN3O2. The molecule has 4 aromatic rings. The first-order valence-electron chi connectivity index (χ1n) is 8.69. The molecule has 0 atom stereocenters. The van der Waals surface area contributed by atoms with Gasteiger partial charge in [0, 0.05) is 22.3 Å². The highest BCUT2D eigenvalue weighted by Gasteiger charge is 2.14. The summed E-state index contributed by atoms with van der Waals surface area (Å²) in [7, 11) is 0.